The predicted octanol–water partition coefficient (Wildman–Crippen LogP) is 2.41. The monoisotopic (exact) mass is 231 g/mol. The molecule has 0 aliphatic carbocycles. The van der Waals surface area contributed by atoms with Crippen molar-refractivity contribution < 1.29 is 4.21 Å². The van der Waals surface area contributed by atoms with Crippen LogP contribution in [0.4, 0.5) is 0 Å². The Morgan fingerprint density at radius 1 is 1.27 bits per heavy atom. The Kier molecular flexibility index (Phi) is 5.83. The Bertz CT molecular complexity index is 208. The van der Waals surface area contributed by atoms with Crippen LogP contribution in [0.25, 0.3) is 0 Å². The fourth-order valence-corrected chi connectivity index (χ4v) is 3.57. The molecule has 1 rings (SSSR count). The predicted molar refractivity (Wildman–Crippen MR) is 67.6 cm³/mol. The molecule has 0 radical (unpaired) electrons. The summed E-state index contributed by atoms with van der Waals surface area (Å²) < 4.78 is 11.6. The van der Waals surface area contributed by atoms with Crippen LogP contribution in [0.3, 0.4) is 0 Å². The average Bonchev–Trinajstić information content (AvgIpc) is 2.24. The van der Waals surface area contributed by atoms with Gasteiger partial charge in [0.25, 0.3) is 0 Å². The molecule has 90 valence electrons. The lowest BCUT2D eigenvalue weighted by molar-refractivity contribution is 0.205. The Hall–Kier alpha value is 0.110. The van der Waals surface area contributed by atoms with Crippen LogP contribution < -0.4 is 0 Å². The summed E-state index contributed by atoms with van der Waals surface area (Å²) in [5.74, 6) is 0.874. The Labute approximate surface area is 96.9 Å². The maximum Gasteiger partial charge on any atom is 0.0473 e. The van der Waals surface area contributed by atoms with Gasteiger partial charge in [-0.3, -0.25) is 9.11 Å². The zero-order valence-electron chi connectivity index (χ0n) is 10.4. The van der Waals surface area contributed by atoms with Crippen molar-refractivity contribution in [1.29, 1.82) is 0 Å². The molecule has 1 fully saturated rings. The van der Waals surface area contributed by atoms with Gasteiger partial charge in [-0.15, -0.1) is 0 Å². The topological polar surface area (TPSA) is 20.3 Å². The third-order valence-corrected chi connectivity index (χ3v) is 5.36. The molecule has 0 aromatic heterocycles. The number of unbranched alkanes of at least 4 members (excludes halogenated alkanes) is 3. The van der Waals surface area contributed by atoms with Gasteiger partial charge in [0.2, 0.25) is 0 Å². The summed E-state index contributed by atoms with van der Waals surface area (Å²) in [5.41, 5.74) is 0. The van der Waals surface area contributed by atoms with Crippen LogP contribution in [0, 0.1) is 0 Å². The Balaban J connectivity index is 2.26. The van der Waals surface area contributed by atoms with Crippen LogP contribution in [0.1, 0.15) is 46.5 Å². The van der Waals surface area contributed by atoms with Crippen molar-refractivity contribution in [3.8, 4) is 0 Å². The summed E-state index contributed by atoms with van der Waals surface area (Å²) in [4.78, 5) is 2.52. The normalized spacial score (nSPS) is 33.1. The van der Waals surface area contributed by atoms with Gasteiger partial charge in [0.05, 0.1) is 0 Å². The lowest BCUT2D eigenvalue weighted by Gasteiger charge is -2.37. The van der Waals surface area contributed by atoms with Crippen molar-refractivity contribution in [2.45, 2.75) is 57.7 Å². The first-order valence-electron chi connectivity index (χ1n) is 6.28. The van der Waals surface area contributed by atoms with E-state index in [-0.39, 0.29) is 0 Å². The van der Waals surface area contributed by atoms with E-state index in [0.717, 1.165) is 12.3 Å². The molecule has 0 saturated carbocycles. The zero-order valence-corrected chi connectivity index (χ0v) is 11.2. The number of hydrogen-bond donors (Lipinski definition) is 0. The molecular formula is C12H25NOS. The lowest BCUT2D eigenvalue weighted by Crippen LogP contribution is -2.49. The van der Waals surface area contributed by atoms with Gasteiger partial charge in [-0.25, -0.2) is 0 Å². The molecule has 1 aliphatic rings. The quantitative estimate of drug-likeness (QED) is 0.677. The molecule has 0 aromatic carbocycles. The van der Waals surface area contributed by atoms with Gasteiger partial charge < -0.3 is 0 Å². The van der Waals surface area contributed by atoms with Crippen LogP contribution in [-0.2, 0) is 10.8 Å². The second kappa shape index (κ2) is 6.64. The van der Waals surface area contributed by atoms with Gasteiger partial charge in [-0.05, 0) is 26.8 Å². The van der Waals surface area contributed by atoms with Crippen LogP contribution in [-0.4, -0.2) is 39.2 Å². The van der Waals surface area contributed by atoms with Crippen molar-refractivity contribution in [3.05, 3.63) is 0 Å². The van der Waals surface area contributed by atoms with Gasteiger partial charge in [-0.1, -0.05) is 26.2 Å². The molecule has 1 heterocycles. The highest BCUT2D eigenvalue weighted by atomic mass is 32.2. The first kappa shape index (κ1) is 13.2. The van der Waals surface area contributed by atoms with E-state index in [0.29, 0.717) is 11.3 Å². The standard InChI is InChI=1S/C12H25NOS/c1-4-5-6-7-8-13-9-10-15(14)12(3)11(13)2/h11-12H,4-10H2,1-3H3/t11-,12+,15+/m1/s1. The number of nitrogens with zero attached hydrogens (tertiary/aromatic N) is 1. The molecule has 2 nitrogen and oxygen atoms in total. The molecular weight excluding hydrogens is 206 g/mol. The maximum absolute atomic E-state index is 11.6. The van der Waals surface area contributed by atoms with E-state index in [4.69, 9.17) is 0 Å². The van der Waals surface area contributed by atoms with E-state index >= 15 is 0 Å². The number of hydrogen-bond acceptors (Lipinski definition) is 2. The smallest absolute Gasteiger partial charge is 0.0473 e. The van der Waals surface area contributed by atoms with Gasteiger partial charge in [-0.2, -0.15) is 0 Å². The second-order valence-corrected chi connectivity index (χ2v) is 6.54. The summed E-state index contributed by atoms with van der Waals surface area (Å²) in [7, 11) is -0.586. The SMILES string of the molecule is CCCCCCN1CC[S@](=O)[C@@H](C)[C@H]1C. The summed E-state index contributed by atoms with van der Waals surface area (Å²) >= 11 is 0. The zero-order chi connectivity index (χ0) is 11.3. The third-order valence-electron chi connectivity index (χ3n) is 3.55. The Morgan fingerprint density at radius 3 is 2.67 bits per heavy atom. The van der Waals surface area contributed by atoms with E-state index in [1.54, 1.807) is 0 Å². The van der Waals surface area contributed by atoms with Crippen molar-refractivity contribution in [3.63, 3.8) is 0 Å². The van der Waals surface area contributed by atoms with E-state index in [9.17, 15) is 4.21 Å². The van der Waals surface area contributed by atoms with Crippen molar-refractivity contribution in [1.82, 2.24) is 4.90 Å². The summed E-state index contributed by atoms with van der Waals surface area (Å²) in [6, 6.07) is 0.501. The minimum atomic E-state index is -0.586. The Morgan fingerprint density at radius 2 is 2.00 bits per heavy atom. The molecule has 0 N–H and O–H groups in total. The summed E-state index contributed by atoms with van der Waals surface area (Å²) in [6.45, 7) is 8.82. The van der Waals surface area contributed by atoms with Gasteiger partial charge in [0.15, 0.2) is 0 Å². The molecule has 1 saturated heterocycles. The van der Waals surface area contributed by atoms with Crippen LogP contribution in [0.5, 0.6) is 0 Å². The fraction of sp³-hybridized carbons (Fsp3) is 1.00. The molecule has 0 spiro atoms. The highest BCUT2D eigenvalue weighted by Gasteiger charge is 2.29. The van der Waals surface area contributed by atoms with Crippen molar-refractivity contribution >= 4 is 10.8 Å². The molecule has 15 heavy (non-hydrogen) atoms. The first-order valence-corrected chi connectivity index (χ1v) is 7.66. The molecule has 0 unspecified atom stereocenters. The van der Waals surface area contributed by atoms with E-state index in [1.807, 2.05) is 0 Å². The molecule has 1 aliphatic heterocycles. The number of rotatable bonds is 5. The molecule has 0 aromatic rings. The average molecular weight is 231 g/mol. The minimum absolute atomic E-state index is 0.352. The molecule has 0 bridgehead atoms. The molecule has 0 amide bonds. The fourth-order valence-electron chi connectivity index (χ4n) is 2.17. The molecule has 3 atom stereocenters. The van der Waals surface area contributed by atoms with E-state index in [1.165, 1.54) is 32.2 Å². The summed E-state index contributed by atoms with van der Waals surface area (Å²) in [6.07, 6.45) is 5.30. The van der Waals surface area contributed by atoms with Crippen LogP contribution in [0.15, 0.2) is 0 Å². The highest BCUT2D eigenvalue weighted by Crippen LogP contribution is 2.17. The summed E-state index contributed by atoms with van der Waals surface area (Å²) in [5, 5.41) is 0.352. The van der Waals surface area contributed by atoms with Crippen LogP contribution in [0.2, 0.25) is 0 Å². The van der Waals surface area contributed by atoms with Crippen LogP contribution >= 0.6 is 0 Å². The maximum atomic E-state index is 11.6. The van der Waals surface area contributed by atoms with E-state index in [2.05, 4.69) is 25.7 Å². The highest BCUT2D eigenvalue weighted by molar-refractivity contribution is 7.85. The minimum Gasteiger partial charge on any atom is -0.299 e. The molecule has 3 heteroatoms. The largest absolute Gasteiger partial charge is 0.299 e. The lowest BCUT2D eigenvalue weighted by atomic mass is 10.1. The van der Waals surface area contributed by atoms with Crippen molar-refractivity contribution in [2.75, 3.05) is 18.8 Å². The van der Waals surface area contributed by atoms with E-state index < -0.39 is 10.8 Å². The van der Waals surface area contributed by atoms with Gasteiger partial charge in [0.1, 0.15) is 0 Å². The second-order valence-electron chi connectivity index (χ2n) is 4.63. The third kappa shape index (κ3) is 3.87. The van der Waals surface area contributed by atoms with Gasteiger partial charge >= 0.3 is 0 Å². The van der Waals surface area contributed by atoms with Gasteiger partial charge in [0, 0.05) is 34.4 Å². The van der Waals surface area contributed by atoms with Crippen molar-refractivity contribution in [2.24, 2.45) is 0 Å². The first-order chi connectivity index (χ1) is 7.16.